The molecule has 6 heteroatoms. The standard InChI is InChI=1S/C5H6F4O2/c1-3(10)2-11-5(8,9)4(6)7/h4,10H,1-2H2. The van der Waals surface area contributed by atoms with E-state index < -0.39 is 24.9 Å². The summed E-state index contributed by atoms with van der Waals surface area (Å²) in [5.41, 5.74) is 0. The largest absolute Gasteiger partial charge is 0.510 e. The van der Waals surface area contributed by atoms with Crippen LogP contribution in [0.25, 0.3) is 0 Å². The van der Waals surface area contributed by atoms with Crippen LogP contribution < -0.4 is 0 Å². The molecule has 0 heterocycles. The van der Waals surface area contributed by atoms with E-state index in [-0.39, 0.29) is 0 Å². The lowest BCUT2D eigenvalue weighted by Gasteiger charge is -2.14. The molecule has 0 bridgehead atoms. The fourth-order valence-corrected chi connectivity index (χ4v) is 0.243. The maximum Gasteiger partial charge on any atom is 0.416 e. The van der Waals surface area contributed by atoms with Crippen molar-refractivity contribution in [1.29, 1.82) is 0 Å². The van der Waals surface area contributed by atoms with Gasteiger partial charge in [0, 0.05) is 0 Å². The average Bonchev–Trinajstić information content (AvgIpc) is 1.84. The number of hydrogen-bond donors (Lipinski definition) is 1. The smallest absolute Gasteiger partial charge is 0.416 e. The molecule has 0 aromatic rings. The summed E-state index contributed by atoms with van der Waals surface area (Å²) < 4.78 is 49.4. The predicted molar refractivity (Wildman–Crippen MR) is 28.7 cm³/mol. The number of aliphatic hydroxyl groups is 1. The van der Waals surface area contributed by atoms with Crippen LogP contribution in [-0.2, 0) is 4.74 Å². The van der Waals surface area contributed by atoms with Crippen LogP contribution in [0.3, 0.4) is 0 Å². The number of halogens is 4. The van der Waals surface area contributed by atoms with Crippen molar-refractivity contribution in [2.75, 3.05) is 6.61 Å². The molecule has 0 radical (unpaired) electrons. The molecule has 2 nitrogen and oxygen atoms in total. The van der Waals surface area contributed by atoms with Crippen LogP contribution in [0.1, 0.15) is 0 Å². The molecule has 1 N–H and O–H groups in total. The van der Waals surface area contributed by atoms with Crippen molar-refractivity contribution in [2.24, 2.45) is 0 Å². The van der Waals surface area contributed by atoms with Gasteiger partial charge >= 0.3 is 12.5 Å². The molecule has 0 rings (SSSR count). The van der Waals surface area contributed by atoms with Gasteiger partial charge in [-0.05, 0) is 0 Å². The van der Waals surface area contributed by atoms with Crippen molar-refractivity contribution >= 4 is 0 Å². The summed E-state index contributed by atoms with van der Waals surface area (Å²) >= 11 is 0. The highest BCUT2D eigenvalue weighted by Crippen LogP contribution is 2.24. The van der Waals surface area contributed by atoms with Gasteiger partial charge < -0.3 is 9.84 Å². The minimum Gasteiger partial charge on any atom is -0.510 e. The molecule has 0 aromatic carbocycles. The van der Waals surface area contributed by atoms with E-state index in [4.69, 9.17) is 5.11 Å². The summed E-state index contributed by atoms with van der Waals surface area (Å²) in [5.74, 6) is -0.731. The molecule has 0 aliphatic carbocycles. The molecular formula is C5H6F4O2. The number of ether oxygens (including phenoxy) is 1. The Labute approximate surface area is 60.1 Å². The Kier molecular flexibility index (Phi) is 3.31. The van der Waals surface area contributed by atoms with Gasteiger partial charge in [-0.3, -0.25) is 0 Å². The Morgan fingerprint density at radius 2 is 2.00 bits per heavy atom. The molecule has 0 aromatic heterocycles. The summed E-state index contributed by atoms with van der Waals surface area (Å²) in [5, 5.41) is 8.20. The highest BCUT2D eigenvalue weighted by molar-refractivity contribution is 4.78. The first-order chi connectivity index (χ1) is 4.86. The second-order valence-electron chi connectivity index (χ2n) is 1.72. The Balaban J connectivity index is 3.82. The second-order valence-corrected chi connectivity index (χ2v) is 1.72. The first kappa shape index (κ1) is 10.2. The molecule has 0 unspecified atom stereocenters. The average molecular weight is 174 g/mol. The van der Waals surface area contributed by atoms with Crippen molar-refractivity contribution in [3.8, 4) is 0 Å². The molecule has 66 valence electrons. The topological polar surface area (TPSA) is 29.5 Å². The number of hydrogen-bond acceptors (Lipinski definition) is 2. The zero-order chi connectivity index (χ0) is 9.07. The lowest BCUT2D eigenvalue weighted by molar-refractivity contribution is -0.298. The van der Waals surface area contributed by atoms with Gasteiger partial charge in [0.2, 0.25) is 0 Å². The summed E-state index contributed by atoms with van der Waals surface area (Å²) in [4.78, 5) is 0. The summed E-state index contributed by atoms with van der Waals surface area (Å²) in [7, 11) is 0. The minimum absolute atomic E-state index is 0.731. The molecule has 11 heavy (non-hydrogen) atoms. The Hall–Kier alpha value is -0.780. The van der Waals surface area contributed by atoms with Gasteiger partial charge in [-0.25, -0.2) is 8.78 Å². The molecule has 0 aliphatic heterocycles. The highest BCUT2D eigenvalue weighted by atomic mass is 19.3. The van der Waals surface area contributed by atoms with Gasteiger partial charge in [-0.2, -0.15) is 8.78 Å². The monoisotopic (exact) mass is 174 g/mol. The number of aliphatic hydroxyl groups excluding tert-OH is 1. The van der Waals surface area contributed by atoms with Gasteiger partial charge in [0.05, 0.1) is 0 Å². The van der Waals surface area contributed by atoms with Crippen LogP contribution in [0.4, 0.5) is 17.6 Å². The van der Waals surface area contributed by atoms with E-state index in [0.29, 0.717) is 0 Å². The Bertz CT molecular complexity index is 145. The lowest BCUT2D eigenvalue weighted by atomic mass is 10.6. The fraction of sp³-hybridized carbons (Fsp3) is 0.600. The third kappa shape index (κ3) is 3.82. The summed E-state index contributed by atoms with van der Waals surface area (Å²) in [6, 6.07) is 0. The molecule has 0 aliphatic rings. The molecule has 0 atom stereocenters. The van der Waals surface area contributed by atoms with Gasteiger partial charge in [-0.1, -0.05) is 6.58 Å². The molecule has 0 spiro atoms. The minimum atomic E-state index is -4.52. The van der Waals surface area contributed by atoms with Crippen molar-refractivity contribution in [1.82, 2.24) is 0 Å². The zero-order valence-corrected chi connectivity index (χ0v) is 5.36. The maximum atomic E-state index is 11.8. The van der Waals surface area contributed by atoms with Crippen LogP contribution in [0.15, 0.2) is 12.3 Å². The highest BCUT2D eigenvalue weighted by Gasteiger charge is 2.42. The van der Waals surface area contributed by atoms with Gasteiger partial charge in [0.1, 0.15) is 12.4 Å². The third-order valence-corrected chi connectivity index (χ3v) is 0.685. The quantitative estimate of drug-likeness (QED) is 0.521. The maximum absolute atomic E-state index is 11.8. The summed E-state index contributed by atoms with van der Waals surface area (Å²) in [6.07, 6.45) is -8.42. The van der Waals surface area contributed by atoms with E-state index in [2.05, 4.69) is 11.3 Å². The zero-order valence-electron chi connectivity index (χ0n) is 5.36. The molecule has 0 fully saturated rings. The lowest BCUT2D eigenvalue weighted by Crippen LogP contribution is -2.30. The van der Waals surface area contributed by atoms with Crippen LogP contribution in [0.5, 0.6) is 0 Å². The van der Waals surface area contributed by atoms with Crippen molar-refractivity contribution < 1.29 is 27.4 Å². The van der Waals surface area contributed by atoms with Crippen LogP contribution in [0.2, 0.25) is 0 Å². The van der Waals surface area contributed by atoms with E-state index in [1.807, 2.05) is 0 Å². The fourth-order valence-electron chi connectivity index (χ4n) is 0.243. The Morgan fingerprint density at radius 1 is 1.55 bits per heavy atom. The number of rotatable bonds is 4. The van der Waals surface area contributed by atoms with E-state index >= 15 is 0 Å². The van der Waals surface area contributed by atoms with Crippen LogP contribution in [-0.4, -0.2) is 24.2 Å². The van der Waals surface area contributed by atoms with E-state index in [1.165, 1.54) is 0 Å². The van der Waals surface area contributed by atoms with Crippen molar-refractivity contribution in [3.05, 3.63) is 12.3 Å². The molecular weight excluding hydrogens is 168 g/mol. The number of alkyl halides is 4. The van der Waals surface area contributed by atoms with Crippen LogP contribution in [0, 0.1) is 0 Å². The second kappa shape index (κ2) is 3.56. The van der Waals surface area contributed by atoms with Gasteiger partial charge in [-0.15, -0.1) is 0 Å². The van der Waals surface area contributed by atoms with Gasteiger partial charge in [0.15, 0.2) is 0 Å². The predicted octanol–water partition coefficient (Wildman–Crippen LogP) is 1.93. The summed E-state index contributed by atoms with van der Waals surface area (Å²) in [6.45, 7) is 1.77. The molecule has 0 amide bonds. The van der Waals surface area contributed by atoms with Gasteiger partial charge in [0.25, 0.3) is 0 Å². The van der Waals surface area contributed by atoms with Crippen LogP contribution >= 0.6 is 0 Å². The Morgan fingerprint density at radius 3 is 2.27 bits per heavy atom. The first-order valence-corrected chi connectivity index (χ1v) is 2.53. The van der Waals surface area contributed by atoms with Crippen molar-refractivity contribution in [2.45, 2.75) is 12.5 Å². The van der Waals surface area contributed by atoms with E-state index in [9.17, 15) is 17.6 Å². The normalized spacial score (nSPS) is 12.1. The first-order valence-electron chi connectivity index (χ1n) is 2.53. The van der Waals surface area contributed by atoms with E-state index in [0.717, 1.165) is 0 Å². The van der Waals surface area contributed by atoms with Crippen molar-refractivity contribution in [3.63, 3.8) is 0 Å². The molecule has 0 saturated heterocycles. The SMILES string of the molecule is C=C(O)COC(F)(F)C(F)F. The third-order valence-electron chi connectivity index (χ3n) is 0.685. The molecule has 0 saturated carbocycles. The van der Waals surface area contributed by atoms with E-state index in [1.54, 1.807) is 0 Å².